The summed E-state index contributed by atoms with van der Waals surface area (Å²) in [5.74, 6) is 0.909. The molecule has 0 atom stereocenters. The van der Waals surface area contributed by atoms with Crippen LogP contribution in [0, 0.1) is 5.92 Å². The standard InChI is InChI=1S/C15H27N3S/c1-11(2)16-9-14-10-17-15(19-14)18(4)13-7-5-12(3)6-8-13/h10-13,16H,5-9H2,1-4H3. The van der Waals surface area contributed by atoms with Gasteiger partial charge in [-0.2, -0.15) is 0 Å². The molecule has 1 aliphatic rings. The quantitative estimate of drug-likeness (QED) is 0.893. The first-order valence-corrected chi connectivity index (χ1v) is 8.29. The normalized spacial score (nSPS) is 23.8. The number of anilines is 1. The van der Waals surface area contributed by atoms with Crippen molar-refractivity contribution >= 4 is 16.5 Å². The molecule has 0 amide bonds. The van der Waals surface area contributed by atoms with Gasteiger partial charge in [-0.25, -0.2) is 4.98 Å². The molecule has 1 aromatic heterocycles. The van der Waals surface area contributed by atoms with Gasteiger partial charge >= 0.3 is 0 Å². The van der Waals surface area contributed by atoms with Gasteiger partial charge in [-0.1, -0.05) is 20.8 Å². The van der Waals surface area contributed by atoms with Crippen LogP contribution in [-0.2, 0) is 6.54 Å². The molecular weight excluding hydrogens is 254 g/mol. The minimum atomic E-state index is 0.531. The van der Waals surface area contributed by atoms with Crippen LogP contribution in [0.4, 0.5) is 5.13 Å². The third-order valence-electron chi connectivity index (χ3n) is 4.06. The highest BCUT2D eigenvalue weighted by molar-refractivity contribution is 7.15. The Morgan fingerprint density at radius 2 is 2.05 bits per heavy atom. The van der Waals surface area contributed by atoms with Crippen molar-refractivity contribution in [1.29, 1.82) is 0 Å². The number of nitrogens with one attached hydrogen (secondary N) is 1. The minimum absolute atomic E-state index is 0.531. The van der Waals surface area contributed by atoms with Crippen LogP contribution in [0.5, 0.6) is 0 Å². The van der Waals surface area contributed by atoms with E-state index in [1.807, 2.05) is 17.5 Å². The summed E-state index contributed by atoms with van der Waals surface area (Å²) < 4.78 is 0. The van der Waals surface area contributed by atoms with Gasteiger partial charge in [-0.05, 0) is 31.6 Å². The van der Waals surface area contributed by atoms with Gasteiger partial charge in [0.15, 0.2) is 5.13 Å². The maximum Gasteiger partial charge on any atom is 0.185 e. The fraction of sp³-hybridized carbons (Fsp3) is 0.800. The SMILES string of the molecule is CC1CCC(N(C)c2ncc(CNC(C)C)s2)CC1. The summed E-state index contributed by atoms with van der Waals surface area (Å²) in [6.07, 6.45) is 7.38. The molecule has 0 aromatic carbocycles. The van der Waals surface area contributed by atoms with Crippen LogP contribution in [0.15, 0.2) is 6.20 Å². The van der Waals surface area contributed by atoms with Crippen molar-refractivity contribution in [2.75, 3.05) is 11.9 Å². The molecule has 1 aromatic rings. The highest BCUT2D eigenvalue weighted by Gasteiger charge is 2.23. The molecule has 1 saturated carbocycles. The Labute approximate surface area is 121 Å². The van der Waals surface area contributed by atoms with Crippen molar-refractivity contribution in [3.05, 3.63) is 11.1 Å². The van der Waals surface area contributed by atoms with Crippen LogP contribution in [0.2, 0.25) is 0 Å². The summed E-state index contributed by atoms with van der Waals surface area (Å²) in [7, 11) is 2.21. The van der Waals surface area contributed by atoms with Crippen LogP contribution in [0.1, 0.15) is 51.3 Å². The molecule has 2 rings (SSSR count). The van der Waals surface area contributed by atoms with Crippen LogP contribution in [0.3, 0.4) is 0 Å². The Bertz CT molecular complexity index is 380. The lowest BCUT2D eigenvalue weighted by molar-refractivity contribution is 0.340. The molecule has 0 spiro atoms. The molecule has 0 unspecified atom stereocenters. The van der Waals surface area contributed by atoms with E-state index in [2.05, 4.69) is 43.0 Å². The van der Waals surface area contributed by atoms with Gasteiger partial charge in [0.1, 0.15) is 0 Å². The highest BCUT2D eigenvalue weighted by atomic mass is 32.1. The molecule has 108 valence electrons. The topological polar surface area (TPSA) is 28.2 Å². The number of nitrogens with zero attached hydrogens (tertiary/aromatic N) is 2. The predicted octanol–water partition coefficient (Wildman–Crippen LogP) is 3.66. The molecule has 1 fully saturated rings. The van der Waals surface area contributed by atoms with Gasteiger partial charge in [-0.3, -0.25) is 0 Å². The number of rotatable bonds is 5. The van der Waals surface area contributed by atoms with Gasteiger partial charge in [0.05, 0.1) is 0 Å². The average Bonchev–Trinajstić information content (AvgIpc) is 2.85. The number of aromatic nitrogens is 1. The second kappa shape index (κ2) is 6.71. The summed E-state index contributed by atoms with van der Waals surface area (Å²) >= 11 is 1.83. The second-order valence-corrected chi connectivity index (χ2v) is 7.26. The van der Waals surface area contributed by atoms with E-state index in [1.165, 1.54) is 35.7 Å². The molecule has 3 nitrogen and oxygen atoms in total. The Kier molecular flexibility index (Phi) is 5.22. The van der Waals surface area contributed by atoms with Crippen LogP contribution < -0.4 is 10.2 Å². The summed E-state index contributed by atoms with van der Waals surface area (Å²) in [6, 6.07) is 1.22. The van der Waals surface area contributed by atoms with Crippen LogP contribution >= 0.6 is 11.3 Å². The van der Waals surface area contributed by atoms with Gasteiger partial charge < -0.3 is 10.2 Å². The predicted molar refractivity (Wildman–Crippen MR) is 83.9 cm³/mol. The smallest absolute Gasteiger partial charge is 0.185 e. The van der Waals surface area contributed by atoms with E-state index < -0.39 is 0 Å². The fourth-order valence-electron chi connectivity index (χ4n) is 2.63. The third-order valence-corrected chi connectivity index (χ3v) is 5.15. The lowest BCUT2D eigenvalue weighted by Gasteiger charge is -2.33. The maximum absolute atomic E-state index is 4.59. The van der Waals surface area contributed by atoms with E-state index in [0.717, 1.165) is 12.5 Å². The van der Waals surface area contributed by atoms with Crippen molar-refractivity contribution in [1.82, 2.24) is 10.3 Å². The van der Waals surface area contributed by atoms with E-state index in [0.29, 0.717) is 12.1 Å². The molecule has 1 heterocycles. The minimum Gasteiger partial charge on any atom is -0.348 e. The Morgan fingerprint density at radius 3 is 2.68 bits per heavy atom. The second-order valence-electron chi connectivity index (χ2n) is 6.17. The first-order chi connectivity index (χ1) is 9.06. The van der Waals surface area contributed by atoms with Gasteiger partial charge in [0.25, 0.3) is 0 Å². The molecule has 0 aliphatic heterocycles. The third kappa shape index (κ3) is 4.18. The van der Waals surface area contributed by atoms with Gasteiger partial charge in [0, 0.05) is 36.8 Å². The monoisotopic (exact) mass is 281 g/mol. The zero-order valence-corrected chi connectivity index (χ0v) is 13.5. The van der Waals surface area contributed by atoms with E-state index in [-0.39, 0.29) is 0 Å². The fourth-order valence-corrected chi connectivity index (χ4v) is 3.53. The first kappa shape index (κ1) is 14.8. The first-order valence-electron chi connectivity index (χ1n) is 7.47. The zero-order chi connectivity index (χ0) is 13.8. The van der Waals surface area contributed by atoms with Gasteiger partial charge in [-0.15, -0.1) is 11.3 Å². The number of hydrogen-bond acceptors (Lipinski definition) is 4. The zero-order valence-electron chi connectivity index (χ0n) is 12.6. The average molecular weight is 281 g/mol. The van der Waals surface area contributed by atoms with E-state index in [9.17, 15) is 0 Å². The van der Waals surface area contributed by atoms with Crippen molar-refractivity contribution in [3.63, 3.8) is 0 Å². The molecular formula is C15H27N3S. The van der Waals surface area contributed by atoms with Crippen LogP contribution in [-0.4, -0.2) is 24.1 Å². The van der Waals surface area contributed by atoms with E-state index >= 15 is 0 Å². The maximum atomic E-state index is 4.59. The van der Waals surface area contributed by atoms with E-state index in [1.54, 1.807) is 0 Å². The van der Waals surface area contributed by atoms with Crippen molar-refractivity contribution < 1.29 is 0 Å². The van der Waals surface area contributed by atoms with Crippen LogP contribution in [0.25, 0.3) is 0 Å². The Balaban J connectivity index is 1.90. The van der Waals surface area contributed by atoms with Crippen molar-refractivity contribution in [2.24, 2.45) is 5.92 Å². The molecule has 4 heteroatoms. The number of hydrogen-bond donors (Lipinski definition) is 1. The summed E-state index contributed by atoms with van der Waals surface area (Å²) in [5.41, 5.74) is 0. The molecule has 0 bridgehead atoms. The number of thiazole rings is 1. The summed E-state index contributed by atoms with van der Waals surface area (Å²) in [6.45, 7) is 7.66. The molecule has 19 heavy (non-hydrogen) atoms. The summed E-state index contributed by atoms with van der Waals surface area (Å²) in [5, 5.41) is 4.63. The molecule has 0 saturated heterocycles. The Morgan fingerprint density at radius 1 is 1.37 bits per heavy atom. The van der Waals surface area contributed by atoms with Gasteiger partial charge in [0.2, 0.25) is 0 Å². The van der Waals surface area contributed by atoms with E-state index in [4.69, 9.17) is 0 Å². The molecule has 0 radical (unpaired) electrons. The van der Waals surface area contributed by atoms with Crippen molar-refractivity contribution in [3.8, 4) is 0 Å². The lowest BCUT2D eigenvalue weighted by atomic mass is 9.87. The lowest BCUT2D eigenvalue weighted by Crippen LogP contribution is -2.34. The summed E-state index contributed by atoms with van der Waals surface area (Å²) in [4.78, 5) is 8.32. The van der Waals surface area contributed by atoms with Crippen molar-refractivity contribution in [2.45, 2.75) is 65.1 Å². The Hall–Kier alpha value is -0.610. The highest BCUT2D eigenvalue weighted by Crippen LogP contribution is 2.31. The largest absolute Gasteiger partial charge is 0.348 e. The molecule has 1 aliphatic carbocycles. The molecule has 1 N–H and O–H groups in total.